The molecule has 3 aromatic rings. The molecule has 3 atom stereocenters. The molecule has 1 aromatic heterocycles. The van der Waals surface area contributed by atoms with E-state index in [-0.39, 0.29) is 12.3 Å². The summed E-state index contributed by atoms with van der Waals surface area (Å²) in [4.78, 5) is 17.4. The number of hydrogen-bond acceptors (Lipinski definition) is 4. The number of aliphatic hydroxyl groups is 2. The highest BCUT2D eigenvalue weighted by Gasteiger charge is 2.36. The van der Waals surface area contributed by atoms with Crippen molar-refractivity contribution in [2.24, 2.45) is 0 Å². The van der Waals surface area contributed by atoms with Gasteiger partial charge in [-0.05, 0) is 47.2 Å². The van der Waals surface area contributed by atoms with Gasteiger partial charge in [-0.2, -0.15) is 0 Å². The van der Waals surface area contributed by atoms with Gasteiger partial charge in [0.1, 0.15) is 11.7 Å². The number of carboxylic acids is 1. The van der Waals surface area contributed by atoms with Gasteiger partial charge in [-0.15, -0.1) is 6.58 Å². The monoisotopic (exact) mass is 463 g/mol. The van der Waals surface area contributed by atoms with Crippen LogP contribution in [0.3, 0.4) is 0 Å². The normalized spacial score (nSPS) is 14.0. The van der Waals surface area contributed by atoms with Gasteiger partial charge in [-0.1, -0.05) is 62.4 Å². The summed E-state index contributed by atoms with van der Waals surface area (Å²) in [6.45, 7) is 9.19. The highest BCUT2D eigenvalue weighted by atomic mass is 19.1. The van der Waals surface area contributed by atoms with E-state index in [1.807, 2.05) is 51.1 Å². The van der Waals surface area contributed by atoms with Crippen molar-refractivity contribution in [2.45, 2.75) is 51.2 Å². The summed E-state index contributed by atoms with van der Waals surface area (Å²) < 4.78 is 13.8. The number of aliphatic hydroxyl groups excluding tert-OH is 2. The van der Waals surface area contributed by atoms with E-state index < -0.39 is 29.9 Å². The molecule has 0 saturated heterocycles. The Morgan fingerprint density at radius 2 is 1.68 bits per heavy atom. The maximum atomic E-state index is 13.8. The summed E-state index contributed by atoms with van der Waals surface area (Å²) in [7, 11) is 0. The van der Waals surface area contributed by atoms with Gasteiger partial charge in [0.15, 0.2) is 0 Å². The lowest BCUT2D eigenvalue weighted by Gasteiger charge is -2.29. The fourth-order valence-electron chi connectivity index (χ4n) is 4.29. The minimum Gasteiger partial charge on any atom is -0.481 e. The molecule has 0 aliphatic rings. The molecule has 178 valence electrons. The van der Waals surface area contributed by atoms with Crippen LogP contribution in [0.2, 0.25) is 0 Å². The summed E-state index contributed by atoms with van der Waals surface area (Å²) in [5.74, 6) is -3.17. The van der Waals surface area contributed by atoms with Crippen molar-refractivity contribution >= 4 is 5.97 Å². The van der Waals surface area contributed by atoms with Crippen LogP contribution < -0.4 is 0 Å². The molecule has 0 fully saturated rings. The summed E-state index contributed by atoms with van der Waals surface area (Å²) in [5, 5.41) is 31.2. The van der Waals surface area contributed by atoms with E-state index in [0.717, 1.165) is 11.1 Å². The van der Waals surface area contributed by atoms with Crippen LogP contribution in [0.1, 0.15) is 48.9 Å². The third-order valence-electron chi connectivity index (χ3n) is 5.95. The molecule has 0 aliphatic carbocycles. The van der Waals surface area contributed by atoms with Gasteiger partial charge < -0.3 is 15.3 Å². The van der Waals surface area contributed by atoms with Crippen molar-refractivity contribution in [1.29, 1.82) is 0 Å². The second-order valence-electron chi connectivity index (χ2n) is 8.71. The summed E-state index contributed by atoms with van der Waals surface area (Å²) >= 11 is 0. The Kier molecular flexibility index (Phi) is 7.97. The van der Waals surface area contributed by atoms with E-state index in [1.165, 1.54) is 18.2 Å². The van der Waals surface area contributed by atoms with E-state index in [0.29, 0.717) is 28.1 Å². The summed E-state index contributed by atoms with van der Waals surface area (Å²) in [5.41, 5.74) is 4.40. The first-order valence-corrected chi connectivity index (χ1v) is 11.2. The molecule has 0 radical (unpaired) electrons. The molecule has 3 unspecified atom stereocenters. The third kappa shape index (κ3) is 5.24. The quantitative estimate of drug-likeness (QED) is 0.367. The van der Waals surface area contributed by atoms with E-state index in [4.69, 9.17) is 4.98 Å². The minimum absolute atomic E-state index is 0.171. The number of rotatable bonds is 9. The number of hydrogen-bond donors (Lipinski definition) is 3. The van der Waals surface area contributed by atoms with Crippen molar-refractivity contribution in [3.8, 4) is 22.4 Å². The van der Waals surface area contributed by atoms with E-state index >= 15 is 0 Å². The fourth-order valence-corrected chi connectivity index (χ4v) is 4.29. The second-order valence-corrected chi connectivity index (χ2v) is 8.71. The average molecular weight is 464 g/mol. The SMILES string of the molecule is C=CC(O)CC(O)C(C(=O)O)c1c(C(C)C)nc(-c2ccccc2)c(C)c1-c1ccc(F)cc1. The first kappa shape index (κ1) is 25.3. The van der Waals surface area contributed by atoms with Gasteiger partial charge >= 0.3 is 5.97 Å². The molecular weight excluding hydrogens is 433 g/mol. The zero-order valence-corrected chi connectivity index (χ0v) is 19.6. The van der Waals surface area contributed by atoms with E-state index in [1.54, 1.807) is 12.1 Å². The van der Waals surface area contributed by atoms with Crippen molar-refractivity contribution in [1.82, 2.24) is 4.98 Å². The van der Waals surface area contributed by atoms with Crippen LogP contribution in [0.4, 0.5) is 4.39 Å². The molecule has 0 amide bonds. The number of carboxylic acid groups (broad SMARTS) is 1. The van der Waals surface area contributed by atoms with Crippen molar-refractivity contribution in [3.05, 3.63) is 89.9 Å². The Morgan fingerprint density at radius 1 is 1.06 bits per heavy atom. The number of aliphatic carboxylic acids is 1. The van der Waals surface area contributed by atoms with Crippen LogP contribution in [-0.4, -0.2) is 38.5 Å². The summed E-state index contributed by atoms with van der Waals surface area (Å²) in [6, 6.07) is 15.4. The molecule has 1 heterocycles. The Morgan fingerprint density at radius 3 is 2.21 bits per heavy atom. The van der Waals surface area contributed by atoms with Crippen molar-refractivity contribution < 1.29 is 24.5 Å². The standard InChI is InChI=1S/C28H30FNO4/c1-5-21(31)15-22(32)24(28(33)34)25-23(18-11-13-20(29)14-12-18)17(4)27(30-26(25)16(2)3)19-9-7-6-8-10-19/h5-14,16,21-22,24,31-32H,1,15H2,2-4H3,(H,33,34). The first-order chi connectivity index (χ1) is 16.1. The van der Waals surface area contributed by atoms with Crippen LogP contribution in [0.15, 0.2) is 67.3 Å². The lowest BCUT2D eigenvalue weighted by Crippen LogP contribution is -2.31. The largest absolute Gasteiger partial charge is 0.481 e. The Labute approximate surface area is 199 Å². The smallest absolute Gasteiger partial charge is 0.313 e. The van der Waals surface area contributed by atoms with Crippen molar-refractivity contribution in [3.63, 3.8) is 0 Å². The maximum Gasteiger partial charge on any atom is 0.313 e. The lowest BCUT2D eigenvalue weighted by molar-refractivity contribution is -0.142. The minimum atomic E-state index is -1.40. The molecule has 34 heavy (non-hydrogen) atoms. The number of aromatic nitrogens is 1. The maximum absolute atomic E-state index is 13.8. The zero-order valence-electron chi connectivity index (χ0n) is 19.6. The van der Waals surface area contributed by atoms with Gasteiger partial charge in [-0.3, -0.25) is 9.78 Å². The fraction of sp³-hybridized carbons (Fsp3) is 0.286. The predicted octanol–water partition coefficient (Wildman–Crippen LogP) is 5.45. The van der Waals surface area contributed by atoms with Gasteiger partial charge in [-0.25, -0.2) is 4.39 Å². The van der Waals surface area contributed by atoms with Gasteiger partial charge in [0.25, 0.3) is 0 Å². The predicted molar refractivity (Wildman–Crippen MR) is 131 cm³/mol. The van der Waals surface area contributed by atoms with Gasteiger partial charge in [0, 0.05) is 17.7 Å². The second kappa shape index (κ2) is 10.7. The number of carbonyl (C=O) groups is 1. The number of benzene rings is 2. The molecule has 3 N–H and O–H groups in total. The van der Waals surface area contributed by atoms with Gasteiger partial charge in [0.05, 0.1) is 17.9 Å². The topological polar surface area (TPSA) is 90.7 Å². The van der Waals surface area contributed by atoms with E-state index in [2.05, 4.69) is 6.58 Å². The highest BCUT2D eigenvalue weighted by Crippen LogP contribution is 2.42. The number of halogens is 1. The molecule has 0 aliphatic heterocycles. The van der Waals surface area contributed by atoms with Crippen LogP contribution in [0.25, 0.3) is 22.4 Å². The molecule has 5 nitrogen and oxygen atoms in total. The van der Waals surface area contributed by atoms with Crippen LogP contribution in [0, 0.1) is 12.7 Å². The first-order valence-electron chi connectivity index (χ1n) is 11.2. The summed E-state index contributed by atoms with van der Waals surface area (Å²) in [6.07, 6.45) is -1.40. The Balaban J connectivity index is 2.41. The van der Waals surface area contributed by atoms with Crippen LogP contribution in [-0.2, 0) is 4.79 Å². The van der Waals surface area contributed by atoms with Crippen LogP contribution >= 0.6 is 0 Å². The average Bonchev–Trinajstić information content (AvgIpc) is 2.80. The highest BCUT2D eigenvalue weighted by molar-refractivity contribution is 5.86. The molecule has 6 heteroatoms. The molecule has 3 rings (SSSR count). The molecule has 0 saturated carbocycles. The van der Waals surface area contributed by atoms with E-state index in [9.17, 15) is 24.5 Å². The molecule has 2 aromatic carbocycles. The molecule has 0 spiro atoms. The van der Waals surface area contributed by atoms with Crippen LogP contribution in [0.5, 0.6) is 0 Å². The Hall–Kier alpha value is -3.35. The molecule has 0 bridgehead atoms. The zero-order chi connectivity index (χ0) is 25.0. The third-order valence-corrected chi connectivity index (χ3v) is 5.95. The number of nitrogens with zero attached hydrogens (tertiary/aromatic N) is 1. The van der Waals surface area contributed by atoms with Crippen molar-refractivity contribution in [2.75, 3.05) is 0 Å². The molecular formula is C28H30FNO4. The Bertz CT molecular complexity index is 1160. The number of pyridine rings is 1. The van der Waals surface area contributed by atoms with Gasteiger partial charge in [0.2, 0.25) is 0 Å². The lowest BCUT2D eigenvalue weighted by atomic mass is 9.79.